The molecule has 0 saturated heterocycles. The van der Waals surface area contributed by atoms with E-state index in [2.05, 4.69) is 5.32 Å². The van der Waals surface area contributed by atoms with Crippen molar-refractivity contribution < 1.29 is 14.6 Å². The van der Waals surface area contributed by atoms with Crippen molar-refractivity contribution in [3.63, 3.8) is 0 Å². The van der Waals surface area contributed by atoms with Gasteiger partial charge in [-0.3, -0.25) is 0 Å². The maximum atomic E-state index is 9.94. The van der Waals surface area contributed by atoms with Gasteiger partial charge in [-0.15, -0.1) is 0 Å². The average Bonchev–Trinajstić information content (AvgIpc) is 2.54. The number of methoxy groups -OCH3 is 1. The molecule has 0 fully saturated rings. The van der Waals surface area contributed by atoms with Gasteiger partial charge < -0.3 is 31.4 Å². The van der Waals surface area contributed by atoms with Crippen molar-refractivity contribution >= 4 is 11.4 Å². The minimum atomic E-state index is -0.634. The summed E-state index contributed by atoms with van der Waals surface area (Å²) in [4.78, 5) is 0. The number of nitrogen functional groups attached to an aromatic ring is 2. The Morgan fingerprint density at radius 3 is 2.52 bits per heavy atom. The minimum Gasteiger partial charge on any atom is -0.497 e. The van der Waals surface area contributed by atoms with Gasteiger partial charge in [0.25, 0.3) is 0 Å². The third-order valence-corrected chi connectivity index (χ3v) is 3.33. The molecule has 0 spiro atoms. The van der Waals surface area contributed by atoms with Crippen LogP contribution < -0.4 is 26.3 Å². The largest absolute Gasteiger partial charge is 0.497 e. The number of benzene rings is 2. The molecule has 0 aliphatic heterocycles. The predicted octanol–water partition coefficient (Wildman–Crippen LogP) is 1.39. The van der Waals surface area contributed by atoms with Gasteiger partial charge in [-0.1, -0.05) is 12.1 Å². The van der Waals surface area contributed by atoms with E-state index in [1.807, 2.05) is 24.3 Å². The number of aliphatic hydroxyl groups excluding tert-OH is 1. The third kappa shape index (κ3) is 5.36. The number of nitrogens with one attached hydrogen (secondary N) is 1. The van der Waals surface area contributed by atoms with Gasteiger partial charge in [0.2, 0.25) is 0 Å². The maximum absolute atomic E-state index is 9.94. The fraction of sp³-hybridized carbons (Fsp3) is 0.294. The molecule has 2 rings (SSSR count). The van der Waals surface area contributed by atoms with Gasteiger partial charge in [-0.2, -0.15) is 0 Å². The zero-order chi connectivity index (χ0) is 16.7. The molecule has 2 aromatic rings. The molecule has 0 aliphatic rings. The van der Waals surface area contributed by atoms with Crippen molar-refractivity contribution in [1.29, 1.82) is 0 Å². The van der Waals surface area contributed by atoms with E-state index in [9.17, 15) is 5.11 Å². The molecule has 6 heteroatoms. The van der Waals surface area contributed by atoms with E-state index in [4.69, 9.17) is 20.9 Å². The Balaban J connectivity index is 1.71. The number of ether oxygens (including phenoxy) is 2. The zero-order valence-electron chi connectivity index (χ0n) is 13.2. The summed E-state index contributed by atoms with van der Waals surface area (Å²) in [7, 11) is 1.64. The second kappa shape index (κ2) is 8.26. The summed E-state index contributed by atoms with van der Waals surface area (Å²) >= 11 is 0. The molecular formula is C17H23N3O3. The molecule has 0 saturated carbocycles. The monoisotopic (exact) mass is 317 g/mol. The van der Waals surface area contributed by atoms with Crippen LogP contribution in [0.15, 0.2) is 42.5 Å². The lowest BCUT2D eigenvalue weighted by Crippen LogP contribution is -2.31. The fourth-order valence-corrected chi connectivity index (χ4v) is 2.07. The molecule has 6 nitrogen and oxygen atoms in total. The van der Waals surface area contributed by atoms with Crippen LogP contribution in [0.2, 0.25) is 0 Å². The number of aliphatic hydroxyl groups is 1. The number of hydrogen-bond acceptors (Lipinski definition) is 6. The molecule has 6 N–H and O–H groups in total. The summed E-state index contributed by atoms with van der Waals surface area (Å²) in [5, 5.41) is 13.1. The highest BCUT2D eigenvalue weighted by atomic mass is 16.5. The standard InChI is InChI=1S/C17H23N3O3/c1-22-15-5-2-12(3-6-15)9-20-10-14(21)11-23-17-7-4-13(18)8-16(17)19/h2-8,14,20-21H,9-11,18-19H2,1H3. The Morgan fingerprint density at radius 2 is 1.87 bits per heavy atom. The lowest BCUT2D eigenvalue weighted by atomic mass is 10.2. The Labute approximate surface area is 136 Å². The van der Waals surface area contributed by atoms with Crippen LogP contribution in [0.4, 0.5) is 11.4 Å². The first-order valence-corrected chi connectivity index (χ1v) is 7.38. The lowest BCUT2D eigenvalue weighted by Gasteiger charge is -2.14. The van der Waals surface area contributed by atoms with Gasteiger partial charge in [-0.25, -0.2) is 0 Å². The Kier molecular flexibility index (Phi) is 6.08. The zero-order valence-corrected chi connectivity index (χ0v) is 13.2. The van der Waals surface area contributed by atoms with Gasteiger partial charge in [0.15, 0.2) is 0 Å². The van der Waals surface area contributed by atoms with Crippen LogP contribution in [-0.2, 0) is 6.54 Å². The van der Waals surface area contributed by atoms with Gasteiger partial charge in [0, 0.05) is 18.8 Å². The second-order valence-corrected chi connectivity index (χ2v) is 5.24. The third-order valence-electron chi connectivity index (χ3n) is 3.33. The van der Waals surface area contributed by atoms with Crippen LogP contribution in [0.3, 0.4) is 0 Å². The Bertz CT molecular complexity index is 617. The van der Waals surface area contributed by atoms with Crippen LogP contribution in [-0.4, -0.2) is 31.5 Å². The normalized spacial score (nSPS) is 11.9. The lowest BCUT2D eigenvalue weighted by molar-refractivity contribution is 0.106. The average molecular weight is 317 g/mol. The SMILES string of the molecule is COc1ccc(CNCC(O)COc2ccc(N)cc2N)cc1. The molecule has 124 valence electrons. The van der Waals surface area contributed by atoms with Crippen molar-refractivity contribution in [2.75, 3.05) is 31.7 Å². The van der Waals surface area contributed by atoms with E-state index in [0.717, 1.165) is 11.3 Å². The fourth-order valence-electron chi connectivity index (χ4n) is 2.07. The first kappa shape index (κ1) is 16.9. The van der Waals surface area contributed by atoms with E-state index in [1.165, 1.54) is 0 Å². The Hall–Kier alpha value is -2.44. The topological polar surface area (TPSA) is 103 Å². The molecule has 1 unspecified atom stereocenters. The maximum Gasteiger partial charge on any atom is 0.142 e. The molecule has 23 heavy (non-hydrogen) atoms. The van der Waals surface area contributed by atoms with Crippen LogP contribution >= 0.6 is 0 Å². The molecule has 0 radical (unpaired) electrons. The first-order chi connectivity index (χ1) is 11.1. The molecule has 0 amide bonds. The summed E-state index contributed by atoms with van der Waals surface area (Å²) in [5.41, 5.74) is 13.6. The van der Waals surface area contributed by atoms with Crippen molar-refractivity contribution in [3.8, 4) is 11.5 Å². The van der Waals surface area contributed by atoms with Crippen LogP contribution in [0.5, 0.6) is 11.5 Å². The molecular weight excluding hydrogens is 294 g/mol. The summed E-state index contributed by atoms with van der Waals surface area (Å²) in [6, 6.07) is 12.8. The van der Waals surface area contributed by atoms with E-state index >= 15 is 0 Å². The summed E-state index contributed by atoms with van der Waals surface area (Å²) in [6.45, 7) is 1.23. The number of nitrogens with two attached hydrogens (primary N) is 2. The molecule has 2 aromatic carbocycles. The summed E-state index contributed by atoms with van der Waals surface area (Å²) in [5.74, 6) is 1.34. The van der Waals surface area contributed by atoms with Crippen LogP contribution in [0.1, 0.15) is 5.56 Å². The van der Waals surface area contributed by atoms with Gasteiger partial charge in [-0.05, 0) is 35.9 Å². The van der Waals surface area contributed by atoms with Gasteiger partial charge in [0.1, 0.15) is 24.2 Å². The molecule has 0 heterocycles. The molecule has 0 aliphatic carbocycles. The van der Waals surface area contributed by atoms with Crippen molar-refractivity contribution in [1.82, 2.24) is 5.32 Å². The highest BCUT2D eigenvalue weighted by molar-refractivity contribution is 5.60. The molecule has 0 aromatic heterocycles. The number of anilines is 2. The molecule has 1 atom stereocenters. The van der Waals surface area contributed by atoms with E-state index in [-0.39, 0.29) is 6.61 Å². The van der Waals surface area contributed by atoms with Crippen LogP contribution in [0, 0.1) is 0 Å². The van der Waals surface area contributed by atoms with Gasteiger partial charge in [0.05, 0.1) is 12.8 Å². The smallest absolute Gasteiger partial charge is 0.142 e. The first-order valence-electron chi connectivity index (χ1n) is 7.38. The quantitative estimate of drug-likeness (QED) is 0.549. The van der Waals surface area contributed by atoms with Crippen molar-refractivity contribution in [3.05, 3.63) is 48.0 Å². The van der Waals surface area contributed by atoms with Crippen molar-refractivity contribution in [2.24, 2.45) is 0 Å². The highest BCUT2D eigenvalue weighted by Gasteiger charge is 2.07. The van der Waals surface area contributed by atoms with E-state index in [0.29, 0.717) is 30.2 Å². The Morgan fingerprint density at radius 1 is 1.13 bits per heavy atom. The van der Waals surface area contributed by atoms with Crippen LogP contribution in [0.25, 0.3) is 0 Å². The highest BCUT2D eigenvalue weighted by Crippen LogP contribution is 2.23. The van der Waals surface area contributed by atoms with E-state index in [1.54, 1.807) is 25.3 Å². The summed E-state index contributed by atoms with van der Waals surface area (Å²) < 4.78 is 10.6. The number of hydrogen-bond donors (Lipinski definition) is 4. The number of rotatable bonds is 8. The second-order valence-electron chi connectivity index (χ2n) is 5.24. The summed E-state index contributed by atoms with van der Waals surface area (Å²) in [6.07, 6.45) is -0.634. The molecule has 0 bridgehead atoms. The van der Waals surface area contributed by atoms with Crippen molar-refractivity contribution in [2.45, 2.75) is 12.6 Å². The predicted molar refractivity (Wildman–Crippen MR) is 91.5 cm³/mol. The minimum absolute atomic E-state index is 0.156. The van der Waals surface area contributed by atoms with E-state index < -0.39 is 6.10 Å². The van der Waals surface area contributed by atoms with Gasteiger partial charge >= 0.3 is 0 Å².